The average Bonchev–Trinajstić information content (AvgIpc) is 3.18. The summed E-state index contributed by atoms with van der Waals surface area (Å²) in [6.45, 7) is 0.919. The zero-order chi connectivity index (χ0) is 21.1. The predicted molar refractivity (Wildman–Crippen MR) is 109 cm³/mol. The summed E-state index contributed by atoms with van der Waals surface area (Å²) in [5.41, 5.74) is 0.303. The first-order valence-electron chi connectivity index (χ1n) is 9.48. The maximum Gasteiger partial charge on any atom is 0.280 e. The fraction of sp³-hybridized carbons (Fsp3) is 0.421. The van der Waals surface area contributed by atoms with Crippen LogP contribution in [0, 0.1) is 11.0 Å². The van der Waals surface area contributed by atoms with Gasteiger partial charge in [0.25, 0.3) is 5.91 Å². The Bertz CT molecular complexity index is 1040. The van der Waals surface area contributed by atoms with Gasteiger partial charge in [0.15, 0.2) is 31.9 Å². The van der Waals surface area contributed by atoms with Gasteiger partial charge in [0.2, 0.25) is 0 Å². The van der Waals surface area contributed by atoms with E-state index in [2.05, 4.69) is 15.5 Å². The number of amides is 1. The molecule has 0 spiro atoms. The van der Waals surface area contributed by atoms with Crippen molar-refractivity contribution in [3.63, 3.8) is 0 Å². The number of oxime groups is 1. The van der Waals surface area contributed by atoms with E-state index in [9.17, 15) is 17.6 Å². The monoisotopic (exact) mass is 453 g/mol. The number of rotatable bonds is 8. The molecule has 1 aliphatic heterocycles. The van der Waals surface area contributed by atoms with Crippen molar-refractivity contribution in [3.05, 3.63) is 41.2 Å². The molecule has 2 fully saturated rings. The topological polar surface area (TPSA) is 107 Å². The summed E-state index contributed by atoms with van der Waals surface area (Å²) < 4.78 is 43.3. The van der Waals surface area contributed by atoms with Crippen molar-refractivity contribution in [3.8, 4) is 0 Å². The van der Waals surface area contributed by atoms with Gasteiger partial charge in [0, 0.05) is 12.0 Å². The van der Waals surface area contributed by atoms with Crippen molar-refractivity contribution in [1.82, 2.24) is 4.98 Å². The van der Waals surface area contributed by atoms with Crippen LogP contribution in [0.15, 0.2) is 40.5 Å². The zero-order valence-electron chi connectivity index (χ0n) is 15.9. The smallest absolute Gasteiger partial charge is 0.280 e. The lowest BCUT2D eigenvalue weighted by atomic mass is 10.1. The summed E-state index contributed by atoms with van der Waals surface area (Å²) in [6, 6.07) is 5.93. The van der Waals surface area contributed by atoms with Crippen LogP contribution < -0.4 is 5.32 Å². The molecule has 1 atom stereocenters. The first-order valence-corrected chi connectivity index (χ1v) is 11.9. The normalized spacial score (nSPS) is 19.6. The van der Waals surface area contributed by atoms with E-state index in [1.807, 2.05) is 0 Å². The van der Waals surface area contributed by atoms with Gasteiger partial charge >= 0.3 is 0 Å². The molecule has 30 heavy (non-hydrogen) atoms. The highest BCUT2D eigenvalue weighted by Gasteiger charge is 2.29. The van der Waals surface area contributed by atoms with Crippen molar-refractivity contribution in [2.45, 2.75) is 30.3 Å². The molecule has 2 aliphatic rings. The van der Waals surface area contributed by atoms with Crippen molar-refractivity contribution in [1.29, 1.82) is 0 Å². The molecule has 1 N–H and O–H groups in total. The van der Waals surface area contributed by atoms with Crippen LogP contribution in [-0.4, -0.2) is 50.1 Å². The molecule has 2 aromatic rings. The molecule has 1 saturated carbocycles. The van der Waals surface area contributed by atoms with Crippen molar-refractivity contribution >= 4 is 37.9 Å². The Hall–Kier alpha value is -2.37. The van der Waals surface area contributed by atoms with E-state index in [1.165, 1.54) is 24.3 Å². The van der Waals surface area contributed by atoms with Crippen LogP contribution in [-0.2, 0) is 24.2 Å². The lowest BCUT2D eigenvalue weighted by Gasteiger charge is -2.10. The summed E-state index contributed by atoms with van der Waals surface area (Å²) in [5, 5.41) is 6.02. The highest BCUT2D eigenvalue weighted by molar-refractivity contribution is 7.91. The highest BCUT2D eigenvalue weighted by atomic mass is 32.2. The van der Waals surface area contributed by atoms with Crippen LogP contribution in [0.5, 0.6) is 0 Å². The number of carbonyl (C=O) groups is 1. The number of hydrogen-bond donors (Lipinski definition) is 1. The number of thiazole rings is 1. The molecule has 4 rings (SSSR count). The van der Waals surface area contributed by atoms with Gasteiger partial charge in [-0.05, 0) is 30.9 Å². The Morgan fingerprint density at radius 2 is 2.07 bits per heavy atom. The van der Waals surface area contributed by atoms with Gasteiger partial charge in [-0.3, -0.25) is 10.1 Å². The minimum Gasteiger partial charge on any atom is -0.389 e. The van der Waals surface area contributed by atoms with Gasteiger partial charge < -0.3 is 9.57 Å². The molecule has 11 heteroatoms. The molecule has 160 valence electrons. The van der Waals surface area contributed by atoms with E-state index < -0.39 is 20.9 Å². The summed E-state index contributed by atoms with van der Waals surface area (Å²) in [4.78, 5) is 22.1. The summed E-state index contributed by atoms with van der Waals surface area (Å²) >= 11 is 0.685. The molecule has 1 aromatic heterocycles. The zero-order valence-corrected chi connectivity index (χ0v) is 17.5. The first kappa shape index (κ1) is 20.9. The summed E-state index contributed by atoms with van der Waals surface area (Å²) in [6.07, 6.45) is 3.25. The van der Waals surface area contributed by atoms with E-state index in [1.54, 1.807) is 0 Å². The molecular formula is C19H20FN3O5S2. The fourth-order valence-corrected chi connectivity index (χ4v) is 5.16. The molecule has 2 heterocycles. The van der Waals surface area contributed by atoms with Crippen LogP contribution >= 0.6 is 11.3 Å². The van der Waals surface area contributed by atoms with Gasteiger partial charge in [0.05, 0.1) is 30.1 Å². The lowest BCUT2D eigenvalue weighted by Crippen LogP contribution is -2.25. The molecular weight excluding hydrogens is 433 g/mol. The van der Waals surface area contributed by atoms with Gasteiger partial charge in [-0.25, -0.2) is 13.4 Å². The molecule has 1 aliphatic carbocycles. The van der Waals surface area contributed by atoms with Crippen LogP contribution in [0.2, 0.25) is 0 Å². The van der Waals surface area contributed by atoms with E-state index in [4.69, 9.17) is 9.57 Å². The number of sulfone groups is 1. The molecule has 1 aromatic carbocycles. The predicted octanol–water partition coefficient (Wildman–Crippen LogP) is 2.61. The number of hydrogen-bond acceptors (Lipinski definition) is 8. The number of nitrogens with one attached hydrogen (secondary N) is 1. The number of halogens is 1. The maximum atomic E-state index is 13.2. The van der Waals surface area contributed by atoms with E-state index in [-0.39, 0.29) is 33.5 Å². The Kier molecular flexibility index (Phi) is 6.11. The quantitative estimate of drug-likeness (QED) is 0.486. The van der Waals surface area contributed by atoms with Gasteiger partial charge in [-0.15, -0.1) is 0 Å². The Morgan fingerprint density at radius 1 is 1.30 bits per heavy atom. The van der Waals surface area contributed by atoms with Crippen molar-refractivity contribution in [2.24, 2.45) is 11.1 Å². The Labute approximate surface area is 177 Å². The lowest BCUT2D eigenvalue weighted by molar-refractivity contribution is -0.110. The number of carbonyl (C=O) groups excluding carboxylic acids is 1. The SMILES string of the molecule is O=C(Nc1ncc(F)s1)/C(=N/O[C@@H]1CCOC1)c1ccc(S(=O)(=O)CC2CC2)cc1. The van der Waals surface area contributed by atoms with Crippen LogP contribution in [0.3, 0.4) is 0 Å². The van der Waals surface area contributed by atoms with E-state index >= 15 is 0 Å². The number of ether oxygens (including phenoxy) is 1. The van der Waals surface area contributed by atoms with E-state index in [0.717, 1.165) is 19.0 Å². The summed E-state index contributed by atoms with van der Waals surface area (Å²) in [7, 11) is -3.37. The van der Waals surface area contributed by atoms with Gasteiger partial charge in [0.1, 0.15) is 0 Å². The van der Waals surface area contributed by atoms with Crippen molar-refractivity contribution in [2.75, 3.05) is 24.3 Å². The molecule has 0 bridgehead atoms. The number of anilines is 1. The first-order chi connectivity index (χ1) is 14.4. The number of nitrogens with zero attached hydrogens (tertiary/aromatic N) is 2. The Morgan fingerprint density at radius 3 is 2.67 bits per heavy atom. The highest BCUT2D eigenvalue weighted by Crippen LogP contribution is 2.32. The Balaban J connectivity index is 1.56. The second kappa shape index (κ2) is 8.78. The third-order valence-electron chi connectivity index (χ3n) is 4.73. The average molecular weight is 454 g/mol. The maximum absolute atomic E-state index is 13.2. The third kappa shape index (κ3) is 5.21. The molecule has 0 radical (unpaired) electrons. The van der Waals surface area contributed by atoms with Crippen LogP contribution in [0.25, 0.3) is 0 Å². The van der Waals surface area contributed by atoms with Crippen LogP contribution in [0.4, 0.5) is 9.52 Å². The van der Waals surface area contributed by atoms with Gasteiger partial charge in [-0.1, -0.05) is 28.6 Å². The molecule has 1 amide bonds. The number of benzene rings is 1. The minimum absolute atomic E-state index is 0.0661. The summed E-state index contributed by atoms with van der Waals surface area (Å²) in [5.74, 6) is -0.274. The third-order valence-corrected chi connectivity index (χ3v) is 7.33. The second-order valence-corrected chi connectivity index (χ2v) is 10.2. The molecule has 8 nitrogen and oxygen atoms in total. The van der Waals surface area contributed by atoms with Crippen LogP contribution in [0.1, 0.15) is 24.8 Å². The second-order valence-electron chi connectivity index (χ2n) is 7.20. The number of aromatic nitrogens is 1. The van der Waals surface area contributed by atoms with Crippen molar-refractivity contribution < 1.29 is 27.2 Å². The minimum atomic E-state index is -3.37. The molecule has 1 saturated heterocycles. The fourth-order valence-electron chi connectivity index (χ4n) is 2.93. The standard InChI is InChI=1S/C19H20FN3O5S2/c20-16-9-21-19(29-16)22-18(24)17(23-28-14-7-8-27-10-14)13-3-5-15(6-4-13)30(25,26)11-12-1-2-12/h3-6,9,12,14H,1-2,7-8,10-11H2,(H,21,22,24)/b23-17+/t14-/m1/s1. The van der Waals surface area contributed by atoms with Gasteiger partial charge in [-0.2, -0.15) is 4.39 Å². The molecule has 0 unspecified atom stereocenters. The van der Waals surface area contributed by atoms with E-state index in [0.29, 0.717) is 36.5 Å². The largest absolute Gasteiger partial charge is 0.389 e.